The van der Waals surface area contributed by atoms with E-state index in [9.17, 15) is 13.6 Å². The van der Waals surface area contributed by atoms with E-state index in [1.54, 1.807) is 12.1 Å². The Morgan fingerprint density at radius 1 is 1.50 bits per heavy atom. The van der Waals surface area contributed by atoms with Gasteiger partial charge in [0.25, 0.3) is 6.43 Å². The number of hydrogen-bond donors (Lipinski definition) is 0. The summed E-state index contributed by atoms with van der Waals surface area (Å²) in [5, 5.41) is 3.61. The highest BCUT2D eigenvalue weighted by molar-refractivity contribution is 7.17. The first kappa shape index (κ1) is 12.7. The van der Waals surface area contributed by atoms with E-state index in [1.165, 1.54) is 14.0 Å². The molecule has 0 atom stereocenters. The maximum absolute atomic E-state index is 12.5. The lowest BCUT2D eigenvalue weighted by Crippen LogP contribution is -1.96. The molecule has 2 aromatic heterocycles. The molecule has 0 amide bonds. The van der Waals surface area contributed by atoms with E-state index in [1.807, 2.05) is 0 Å². The fraction of sp³-hybridized carbons (Fsp3) is 0.273. The maximum Gasteiger partial charge on any atom is 0.348 e. The topological polar surface area (TPSA) is 52.3 Å². The molecule has 0 aliphatic heterocycles. The van der Waals surface area contributed by atoms with Crippen molar-refractivity contribution >= 4 is 17.3 Å². The SMILES string of the molecule is COC(=O)c1ccc(-c2noc(C(F)F)c2C)s1. The highest BCUT2D eigenvalue weighted by atomic mass is 32.1. The van der Waals surface area contributed by atoms with Gasteiger partial charge in [-0.2, -0.15) is 0 Å². The molecule has 0 fully saturated rings. The van der Waals surface area contributed by atoms with Gasteiger partial charge in [0.15, 0.2) is 0 Å². The van der Waals surface area contributed by atoms with Crippen LogP contribution in [0.15, 0.2) is 16.7 Å². The van der Waals surface area contributed by atoms with Crippen molar-refractivity contribution in [3.05, 3.63) is 28.3 Å². The van der Waals surface area contributed by atoms with Crippen molar-refractivity contribution in [3.63, 3.8) is 0 Å². The monoisotopic (exact) mass is 273 g/mol. The molecule has 0 N–H and O–H groups in total. The Hall–Kier alpha value is -1.76. The average molecular weight is 273 g/mol. The molecular weight excluding hydrogens is 264 g/mol. The summed E-state index contributed by atoms with van der Waals surface area (Å²) < 4.78 is 34.2. The van der Waals surface area contributed by atoms with E-state index in [-0.39, 0.29) is 5.56 Å². The second kappa shape index (κ2) is 4.85. The molecule has 0 radical (unpaired) electrons. The van der Waals surface area contributed by atoms with Crippen LogP contribution >= 0.6 is 11.3 Å². The summed E-state index contributed by atoms with van der Waals surface area (Å²) in [6.45, 7) is 1.50. The van der Waals surface area contributed by atoms with Gasteiger partial charge >= 0.3 is 5.97 Å². The summed E-state index contributed by atoms with van der Waals surface area (Å²) in [6, 6.07) is 3.18. The summed E-state index contributed by atoms with van der Waals surface area (Å²) in [7, 11) is 1.28. The van der Waals surface area contributed by atoms with Gasteiger partial charge in [0.1, 0.15) is 10.6 Å². The van der Waals surface area contributed by atoms with Gasteiger partial charge in [-0.05, 0) is 19.1 Å². The van der Waals surface area contributed by atoms with E-state index in [0.717, 1.165) is 11.3 Å². The molecular formula is C11H9F2NO3S. The minimum atomic E-state index is -2.70. The number of hydrogen-bond acceptors (Lipinski definition) is 5. The zero-order chi connectivity index (χ0) is 13.3. The molecule has 0 bridgehead atoms. The van der Waals surface area contributed by atoms with Crippen LogP contribution in [0.2, 0.25) is 0 Å². The quantitative estimate of drug-likeness (QED) is 0.804. The second-order valence-corrected chi connectivity index (χ2v) is 4.56. The second-order valence-electron chi connectivity index (χ2n) is 3.48. The number of esters is 1. The van der Waals surface area contributed by atoms with Crippen molar-refractivity contribution in [3.8, 4) is 10.6 Å². The van der Waals surface area contributed by atoms with Crippen molar-refractivity contribution < 1.29 is 22.8 Å². The Kier molecular flexibility index (Phi) is 3.42. The fourth-order valence-electron chi connectivity index (χ4n) is 1.46. The van der Waals surface area contributed by atoms with Gasteiger partial charge < -0.3 is 9.26 Å². The Morgan fingerprint density at radius 2 is 2.22 bits per heavy atom. The van der Waals surface area contributed by atoms with Gasteiger partial charge in [0.05, 0.1) is 12.0 Å². The van der Waals surface area contributed by atoms with Gasteiger partial charge in [-0.3, -0.25) is 0 Å². The number of nitrogens with zero attached hydrogens (tertiary/aromatic N) is 1. The Balaban J connectivity index is 2.37. The predicted molar refractivity (Wildman–Crippen MR) is 60.8 cm³/mol. The average Bonchev–Trinajstić information content (AvgIpc) is 2.94. The lowest BCUT2D eigenvalue weighted by Gasteiger charge is -1.94. The van der Waals surface area contributed by atoms with E-state index >= 15 is 0 Å². The first-order valence-electron chi connectivity index (χ1n) is 4.97. The van der Waals surface area contributed by atoms with Crippen LogP contribution in [0.1, 0.15) is 27.4 Å². The van der Waals surface area contributed by atoms with Crippen LogP contribution in [-0.4, -0.2) is 18.2 Å². The van der Waals surface area contributed by atoms with Gasteiger partial charge in [-0.1, -0.05) is 5.16 Å². The molecule has 0 aromatic carbocycles. The zero-order valence-corrected chi connectivity index (χ0v) is 10.4. The minimum Gasteiger partial charge on any atom is -0.465 e. The number of halogens is 2. The number of carbonyl (C=O) groups excluding carboxylic acids is 1. The number of thiophene rings is 1. The van der Waals surface area contributed by atoms with Gasteiger partial charge in [-0.15, -0.1) is 11.3 Å². The van der Waals surface area contributed by atoms with E-state index in [4.69, 9.17) is 0 Å². The molecule has 7 heteroatoms. The largest absolute Gasteiger partial charge is 0.465 e. The summed E-state index contributed by atoms with van der Waals surface area (Å²) in [5.41, 5.74) is 0.605. The molecule has 0 spiro atoms. The molecule has 0 saturated carbocycles. The predicted octanol–water partition coefficient (Wildman–Crippen LogP) is 3.44. The Bertz CT molecular complexity index is 577. The number of aromatic nitrogens is 1. The Labute approximate surface area is 105 Å². The molecule has 2 rings (SSSR count). The van der Waals surface area contributed by atoms with Crippen molar-refractivity contribution in [2.45, 2.75) is 13.3 Å². The summed E-state index contributed by atoms with van der Waals surface area (Å²) in [4.78, 5) is 12.3. The van der Waals surface area contributed by atoms with Gasteiger partial charge in [-0.25, -0.2) is 13.6 Å². The molecule has 2 heterocycles. The summed E-state index contributed by atoms with van der Waals surface area (Å²) in [5.74, 6) is -0.917. The third kappa shape index (κ3) is 2.13. The van der Waals surface area contributed by atoms with Crippen molar-refractivity contribution in [1.29, 1.82) is 0 Å². The zero-order valence-electron chi connectivity index (χ0n) is 9.57. The van der Waals surface area contributed by atoms with E-state index < -0.39 is 18.2 Å². The molecule has 0 aliphatic carbocycles. The van der Waals surface area contributed by atoms with E-state index in [2.05, 4.69) is 14.4 Å². The first-order chi connectivity index (χ1) is 8.54. The highest BCUT2D eigenvalue weighted by Gasteiger charge is 2.22. The number of alkyl halides is 2. The fourth-order valence-corrected chi connectivity index (χ4v) is 2.42. The van der Waals surface area contributed by atoms with Crippen molar-refractivity contribution in [2.75, 3.05) is 7.11 Å². The highest BCUT2D eigenvalue weighted by Crippen LogP contribution is 2.34. The minimum absolute atomic E-state index is 0.281. The van der Waals surface area contributed by atoms with Crippen LogP contribution in [0, 0.1) is 6.92 Å². The molecule has 0 aliphatic rings. The van der Waals surface area contributed by atoms with Crippen LogP contribution in [0.3, 0.4) is 0 Å². The number of ether oxygens (including phenoxy) is 1. The molecule has 0 saturated heterocycles. The molecule has 96 valence electrons. The number of rotatable bonds is 3. The van der Waals surface area contributed by atoms with Crippen LogP contribution in [0.4, 0.5) is 8.78 Å². The van der Waals surface area contributed by atoms with E-state index in [0.29, 0.717) is 15.4 Å². The van der Waals surface area contributed by atoms with Crippen molar-refractivity contribution in [1.82, 2.24) is 5.16 Å². The smallest absolute Gasteiger partial charge is 0.348 e. The molecule has 2 aromatic rings. The summed E-state index contributed by atoms with van der Waals surface area (Å²) >= 11 is 1.12. The van der Waals surface area contributed by atoms with Crippen LogP contribution in [0.25, 0.3) is 10.6 Å². The molecule has 4 nitrogen and oxygen atoms in total. The normalized spacial score (nSPS) is 10.9. The Morgan fingerprint density at radius 3 is 2.78 bits per heavy atom. The third-order valence-electron chi connectivity index (χ3n) is 2.38. The summed E-state index contributed by atoms with van der Waals surface area (Å²) in [6.07, 6.45) is -2.70. The lowest BCUT2D eigenvalue weighted by molar-refractivity contribution is 0.0606. The molecule has 0 unspecified atom stereocenters. The van der Waals surface area contributed by atoms with Gasteiger partial charge in [0.2, 0.25) is 5.76 Å². The lowest BCUT2D eigenvalue weighted by atomic mass is 10.2. The van der Waals surface area contributed by atoms with Crippen LogP contribution in [-0.2, 0) is 4.74 Å². The standard InChI is InChI=1S/C11H9F2NO3S/c1-5-8(14-17-9(5)10(12)13)6-3-4-7(18-6)11(15)16-2/h3-4,10H,1-2H3. The molecule has 18 heavy (non-hydrogen) atoms. The van der Waals surface area contributed by atoms with Crippen LogP contribution < -0.4 is 0 Å². The van der Waals surface area contributed by atoms with Gasteiger partial charge in [0, 0.05) is 5.56 Å². The first-order valence-corrected chi connectivity index (χ1v) is 5.79. The number of methoxy groups -OCH3 is 1. The number of carbonyl (C=O) groups is 1. The van der Waals surface area contributed by atoms with Crippen molar-refractivity contribution in [2.24, 2.45) is 0 Å². The van der Waals surface area contributed by atoms with Crippen LogP contribution in [0.5, 0.6) is 0 Å². The third-order valence-corrected chi connectivity index (χ3v) is 3.46. The maximum atomic E-state index is 12.5.